The maximum Gasteiger partial charge on any atom is 0.161 e. The van der Waals surface area contributed by atoms with Crippen molar-refractivity contribution in [1.29, 1.82) is 0 Å². The van der Waals surface area contributed by atoms with Crippen molar-refractivity contribution in [3.63, 3.8) is 0 Å². The lowest BCUT2D eigenvalue weighted by molar-refractivity contribution is 0.122. The van der Waals surface area contributed by atoms with E-state index < -0.39 is 0 Å². The van der Waals surface area contributed by atoms with Crippen molar-refractivity contribution in [2.45, 2.75) is 13.1 Å². The van der Waals surface area contributed by atoms with Crippen molar-refractivity contribution in [3.05, 3.63) is 78.1 Å². The third-order valence-corrected chi connectivity index (χ3v) is 5.63. The molecule has 2 aromatic carbocycles. The Labute approximate surface area is 178 Å². The smallest absolute Gasteiger partial charge is 0.161 e. The lowest BCUT2D eigenvalue weighted by Crippen LogP contribution is -2.45. The van der Waals surface area contributed by atoms with Crippen LogP contribution in [0.15, 0.2) is 67.0 Å². The standard InChI is InChI=1S/C25H29N3O2/c1-29-24-9-8-22(15-25(24)30-2)23-14-21(16-26-17-23)19-28-12-10-27(11-13-28)18-20-6-4-3-5-7-20/h3-9,14-17H,10-13,18-19H2,1-2H3. The Kier molecular flexibility index (Phi) is 6.62. The number of benzene rings is 2. The van der Waals surface area contributed by atoms with Gasteiger partial charge in [0.25, 0.3) is 0 Å². The number of rotatable bonds is 7. The lowest BCUT2D eigenvalue weighted by Gasteiger charge is -2.34. The van der Waals surface area contributed by atoms with E-state index >= 15 is 0 Å². The molecule has 30 heavy (non-hydrogen) atoms. The van der Waals surface area contributed by atoms with Crippen LogP contribution >= 0.6 is 0 Å². The zero-order valence-electron chi connectivity index (χ0n) is 17.8. The fourth-order valence-corrected chi connectivity index (χ4v) is 3.95. The zero-order chi connectivity index (χ0) is 20.8. The van der Waals surface area contributed by atoms with Crippen LogP contribution in [0, 0.1) is 0 Å². The number of hydrogen-bond acceptors (Lipinski definition) is 5. The van der Waals surface area contributed by atoms with Gasteiger partial charge in [0.2, 0.25) is 0 Å². The Balaban J connectivity index is 1.37. The second-order valence-electron chi connectivity index (χ2n) is 7.69. The summed E-state index contributed by atoms with van der Waals surface area (Å²) < 4.78 is 10.8. The van der Waals surface area contributed by atoms with Gasteiger partial charge in [-0.3, -0.25) is 14.8 Å². The Morgan fingerprint density at radius 3 is 2.03 bits per heavy atom. The predicted molar refractivity (Wildman–Crippen MR) is 120 cm³/mol. The third kappa shape index (κ3) is 4.99. The quantitative estimate of drug-likeness (QED) is 0.594. The van der Waals surface area contributed by atoms with Gasteiger partial charge < -0.3 is 9.47 Å². The minimum absolute atomic E-state index is 0.731. The first-order valence-electron chi connectivity index (χ1n) is 10.4. The summed E-state index contributed by atoms with van der Waals surface area (Å²) in [5.41, 5.74) is 4.79. The number of methoxy groups -OCH3 is 2. The molecular formula is C25H29N3O2. The number of aromatic nitrogens is 1. The predicted octanol–water partition coefficient (Wildman–Crippen LogP) is 4.08. The highest BCUT2D eigenvalue weighted by Crippen LogP contribution is 2.32. The van der Waals surface area contributed by atoms with Crippen LogP contribution in [0.1, 0.15) is 11.1 Å². The van der Waals surface area contributed by atoms with Crippen molar-refractivity contribution in [2.24, 2.45) is 0 Å². The molecule has 5 nitrogen and oxygen atoms in total. The summed E-state index contributed by atoms with van der Waals surface area (Å²) in [6.45, 7) is 6.30. The van der Waals surface area contributed by atoms with Crippen molar-refractivity contribution in [3.8, 4) is 22.6 Å². The van der Waals surface area contributed by atoms with E-state index in [9.17, 15) is 0 Å². The number of ether oxygens (including phenoxy) is 2. The first kappa shape index (κ1) is 20.4. The number of nitrogens with zero attached hydrogens (tertiary/aromatic N) is 3. The Morgan fingerprint density at radius 2 is 1.37 bits per heavy atom. The van der Waals surface area contributed by atoms with Crippen LogP contribution in [0.2, 0.25) is 0 Å². The summed E-state index contributed by atoms with van der Waals surface area (Å²) in [7, 11) is 3.31. The molecule has 1 aromatic heterocycles. The molecule has 0 saturated carbocycles. The SMILES string of the molecule is COc1ccc(-c2cncc(CN3CCN(Cc4ccccc4)CC3)c2)cc1OC. The van der Waals surface area contributed by atoms with E-state index in [-0.39, 0.29) is 0 Å². The van der Waals surface area contributed by atoms with Gasteiger partial charge in [-0.15, -0.1) is 0 Å². The largest absolute Gasteiger partial charge is 0.493 e. The van der Waals surface area contributed by atoms with Gasteiger partial charge in [0.1, 0.15) is 0 Å². The van der Waals surface area contributed by atoms with Gasteiger partial charge in [0.05, 0.1) is 14.2 Å². The minimum Gasteiger partial charge on any atom is -0.493 e. The Hall–Kier alpha value is -2.89. The molecular weight excluding hydrogens is 374 g/mol. The minimum atomic E-state index is 0.731. The summed E-state index contributed by atoms with van der Waals surface area (Å²) >= 11 is 0. The van der Waals surface area contributed by atoms with Crippen LogP contribution in [0.4, 0.5) is 0 Å². The van der Waals surface area contributed by atoms with Crippen molar-refractivity contribution >= 4 is 0 Å². The highest BCUT2D eigenvalue weighted by Gasteiger charge is 2.17. The van der Waals surface area contributed by atoms with E-state index in [0.717, 1.165) is 61.9 Å². The van der Waals surface area contributed by atoms with Gasteiger partial charge in [-0.1, -0.05) is 36.4 Å². The van der Waals surface area contributed by atoms with E-state index in [1.807, 2.05) is 30.6 Å². The maximum absolute atomic E-state index is 5.44. The summed E-state index contributed by atoms with van der Waals surface area (Å²) in [6, 6.07) is 18.9. The van der Waals surface area contributed by atoms with E-state index in [0.29, 0.717) is 0 Å². The van der Waals surface area contributed by atoms with Gasteiger partial charge >= 0.3 is 0 Å². The Morgan fingerprint density at radius 1 is 0.700 bits per heavy atom. The molecule has 0 spiro atoms. The molecule has 3 aromatic rings. The normalized spacial score (nSPS) is 15.1. The fourth-order valence-electron chi connectivity index (χ4n) is 3.95. The summed E-state index contributed by atoms with van der Waals surface area (Å²) in [4.78, 5) is 9.53. The molecule has 1 aliphatic rings. The van der Waals surface area contributed by atoms with Crippen molar-refractivity contribution in [2.75, 3.05) is 40.4 Å². The molecule has 0 bridgehead atoms. The molecule has 5 heteroatoms. The molecule has 0 amide bonds. The maximum atomic E-state index is 5.44. The van der Waals surface area contributed by atoms with Crippen LogP contribution in [0.5, 0.6) is 11.5 Å². The molecule has 1 saturated heterocycles. The first-order valence-corrected chi connectivity index (χ1v) is 10.4. The van der Waals surface area contributed by atoms with Crippen LogP contribution < -0.4 is 9.47 Å². The number of piperazine rings is 1. The van der Waals surface area contributed by atoms with Crippen LogP contribution in [0.3, 0.4) is 0 Å². The molecule has 156 valence electrons. The van der Waals surface area contributed by atoms with E-state index in [1.165, 1.54) is 11.1 Å². The van der Waals surface area contributed by atoms with E-state index in [2.05, 4.69) is 51.2 Å². The molecule has 0 atom stereocenters. The van der Waals surface area contributed by atoms with Gasteiger partial charge in [-0.25, -0.2) is 0 Å². The highest BCUT2D eigenvalue weighted by atomic mass is 16.5. The van der Waals surface area contributed by atoms with E-state index in [1.54, 1.807) is 14.2 Å². The van der Waals surface area contributed by atoms with Gasteiger partial charge in [0, 0.05) is 57.2 Å². The Bertz CT molecular complexity index is 954. The van der Waals surface area contributed by atoms with Gasteiger partial charge in [-0.2, -0.15) is 0 Å². The molecule has 4 rings (SSSR count). The summed E-state index contributed by atoms with van der Waals surface area (Å²) in [5, 5.41) is 0. The molecule has 0 radical (unpaired) electrons. The van der Waals surface area contributed by atoms with Gasteiger partial charge in [0.15, 0.2) is 11.5 Å². The molecule has 1 fully saturated rings. The molecule has 1 aliphatic heterocycles. The number of hydrogen-bond donors (Lipinski definition) is 0. The monoisotopic (exact) mass is 403 g/mol. The van der Waals surface area contributed by atoms with Crippen LogP contribution in [0.25, 0.3) is 11.1 Å². The third-order valence-electron chi connectivity index (χ3n) is 5.63. The van der Waals surface area contributed by atoms with Gasteiger partial charge in [-0.05, 0) is 34.9 Å². The number of pyridine rings is 1. The summed E-state index contributed by atoms with van der Waals surface area (Å²) in [6.07, 6.45) is 3.88. The average Bonchev–Trinajstić information content (AvgIpc) is 2.81. The molecule has 2 heterocycles. The average molecular weight is 404 g/mol. The van der Waals surface area contributed by atoms with Crippen LogP contribution in [-0.4, -0.2) is 55.2 Å². The molecule has 0 unspecified atom stereocenters. The van der Waals surface area contributed by atoms with Crippen LogP contribution in [-0.2, 0) is 13.1 Å². The first-order chi connectivity index (χ1) is 14.7. The fraction of sp³-hybridized carbons (Fsp3) is 0.320. The highest BCUT2D eigenvalue weighted by molar-refractivity contribution is 5.67. The van der Waals surface area contributed by atoms with Crippen molar-refractivity contribution in [1.82, 2.24) is 14.8 Å². The topological polar surface area (TPSA) is 37.8 Å². The lowest BCUT2D eigenvalue weighted by atomic mass is 10.0. The summed E-state index contributed by atoms with van der Waals surface area (Å²) in [5.74, 6) is 1.47. The van der Waals surface area contributed by atoms with Crippen molar-refractivity contribution < 1.29 is 9.47 Å². The van der Waals surface area contributed by atoms with E-state index in [4.69, 9.17) is 9.47 Å². The molecule has 0 N–H and O–H groups in total. The second kappa shape index (κ2) is 9.74. The zero-order valence-corrected chi connectivity index (χ0v) is 17.8. The second-order valence-corrected chi connectivity index (χ2v) is 7.69. The molecule has 0 aliphatic carbocycles.